The second-order valence-electron chi connectivity index (χ2n) is 6.13. The number of nitrogens with zero attached hydrogens (tertiary/aromatic N) is 2. The van der Waals surface area contributed by atoms with E-state index in [1.165, 1.54) is 11.2 Å². The predicted octanol–water partition coefficient (Wildman–Crippen LogP) is 3.12. The molecule has 2 amide bonds. The SMILES string of the molecule is CN(C(=O)COc1ccccc1C#N)c1ccccc1C(=O)NCc1ccco1. The van der Waals surface area contributed by atoms with Gasteiger partial charge in [-0.2, -0.15) is 5.26 Å². The van der Waals surface area contributed by atoms with E-state index < -0.39 is 0 Å². The van der Waals surface area contributed by atoms with Gasteiger partial charge in [0.25, 0.3) is 11.8 Å². The summed E-state index contributed by atoms with van der Waals surface area (Å²) in [6, 6.07) is 19.0. The van der Waals surface area contributed by atoms with Crippen molar-refractivity contribution in [3.05, 3.63) is 83.8 Å². The van der Waals surface area contributed by atoms with E-state index in [0.717, 1.165) is 0 Å². The summed E-state index contributed by atoms with van der Waals surface area (Å²) in [4.78, 5) is 26.6. The quantitative estimate of drug-likeness (QED) is 0.670. The maximum absolute atomic E-state index is 12.6. The molecule has 0 saturated carbocycles. The monoisotopic (exact) mass is 389 g/mol. The third-order valence-corrected chi connectivity index (χ3v) is 4.25. The van der Waals surface area contributed by atoms with Crippen LogP contribution in [0.25, 0.3) is 0 Å². The first-order chi connectivity index (χ1) is 14.1. The molecule has 2 aromatic carbocycles. The number of nitrogens with one attached hydrogen (secondary N) is 1. The van der Waals surface area contributed by atoms with Crippen LogP contribution in [-0.4, -0.2) is 25.5 Å². The van der Waals surface area contributed by atoms with Crippen molar-refractivity contribution < 1.29 is 18.7 Å². The van der Waals surface area contributed by atoms with Crippen molar-refractivity contribution in [3.63, 3.8) is 0 Å². The molecule has 146 valence electrons. The molecule has 0 radical (unpaired) electrons. The number of ether oxygens (including phenoxy) is 1. The van der Waals surface area contributed by atoms with Gasteiger partial charge in [-0.05, 0) is 36.4 Å². The third-order valence-electron chi connectivity index (χ3n) is 4.25. The summed E-state index contributed by atoms with van der Waals surface area (Å²) in [6.45, 7) is -0.0244. The Labute approximate surface area is 168 Å². The summed E-state index contributed by atoms with van der Waals surface area (Å²) in [5.74, 6) is 0.280. The van der Waals surface area contributed by atoms with Crippen LogP contribution in [0, 0.1) is 11.3 Å². The lowest BCUT2D eigenvalue weighted by Gasteiger charge is -2.20. The van der Waals surface area contributed by atoms with E-state index in [1.54, 1.807) is 67.7 Å². The molecule has 0 aliphatic heterocycles. The van der Waals surface area contributed by atoms with Gasteiger partial charge >= 0.3 is 0 Å². The number of anilines is 1. The number of para-hydroxylation sites is 2. The molecule has 7 nitrogen and oxygen atoms in total. The number of hydrogen-bond donors (Lipinski definition) is 1. The predicted molar refractivity (Wildman–Crippen MR) is 106 cm³/mol. The fraction of sp³-hybridized carbons (Fsp3) is 0.136. The first-order valence-corrected chi connectivity index (χ1v) is 8.88. The Hall–Kier alpha value is -4.05. The Morgan fingerprint density at radius 3 is 2.62 bits per heavy atom. The van der Waals surface area contributed by atoms with Crippen LogP contribution >= 0.6 is 0 Å². The molecule has 1 aromatic heterocycles. The number of nitriles is 1. The molecule has 1 heterocycles. The molecule has 1 N–H and O–H groups in total. The molecule has 0 atom stereocenters. The second-order valence-corrected chi connectivity index (χ2v) is 6.13. The molecule has 29 heavy (non-hydrogen) atoms. The van der Waals surface area contributed by atoms with Crippen molar-refractivity contribution in [1.82, 2.24) is 5.32 Å². The van der Waals surface area contributed by atoms with Crippen molar-refractivity contribution >= 4 is 17.5 Å². The lowest BCUT2D eigenvalue weighted by Crippen LogP contribution is -2.33. The molecule has 3 rings (SSSR count). The Bertz CT molecular complexity index is 1040. The average molecular weight is 389 g/mol. The van der Waals surface area contributed by atoms with Crippen LogP contribution < -0.4 is 15.0 Å². The first-order valence-electron chi connectivity index (χ1n) is 8.88. The third kappa shape index (κ3) is 4.82. The Morgan fingerprint density at radius 2 is 1.86 bits per heavy atom. The van der Waals surface area contributed by atoms with E-state index in [9.17, 15) is 9.59 Å². The number of hydrogen-bond acceptors (Lipinski definition) is 5. The molecule has 7 heteroatoms. The normalized spacial score (nSPS) is 10.1. The van der Waals surface area contributed by atoms with Crippen molar-refractivity contribution in [2.75, 3.05) is 18.6 Å². The van der Waals surface area contributed by atoms with Crippen molar-refractivity contribution in [2.24, 2.45) is 0 Å². The lowest BCUT2D eigenvalue weighted by atomic mass is 10.1. The molecule has 0 fully saturated rings. The number of rotatable bonds is 7. The van der Waals surface area contributed by atoms with E-state index in [1.807, 2.05) is 6.07 Å². The van der Waals surface area contributed by atoms with E-state index in [4.69, 9.17) is 14.4 Å². The standard InChI is InChI=1S/C22H19N3O4/c1-25(21(26)15-29-20-11-5-2-7-16(20)13-23)19-10-4-3-9-18(19)22(27)24-14-17-8-6-12-28-17/h2-12H,14-15H2,1H3,(H,24,27). The highest BCUT2D eigenvalue weighted by Crippen LogP contribution is 2.21. The van der Waals surface area contributed by atoms with Gasteiger partial charge in [0.1, 0.15) is 17.6 Å². The molecular formula is C22H19N3O4. The van der Waals surface area contributed by atoms with Crippen LogP contribution in [0.2, 0.25) is 0 Å². The topological polar surface area (TPSA) is 95.6 Å². The van der Waals surface area contributed by atoms with Crippen molar-refractivity contribution in [2.45, 2.75) is 6.54 Å². The number of likely N-dealkylation sites (N-methyl/N-ethyl adjacent to an activating group) is 1. The van der Waals surface area contributed by atoms with Crippen molar-refractivity contribution in [3.8, 4) is 11.8 Å². The minimum absolute atomic E-state index is 0.242. The van der Waals surface area contributed by atoms with Crippen LogP contribution in [0.3, 0.4) is 0 Å². The Kier molecular flexibility index (Phi) is 6.28. The number of amides is 2. The Balaban J connectivity index is 1.68. The van der Waals surface area contributed by atoms with Gasteiger partial charge in [-0.1, -0.05) is 24.3 Å². The summed E-state index contributed by atoms with van der Waals surface area (Å²) in [5, 5.41) is 11.9. The van der Waals surface area contributed by atoms with Gasteiger partial charge in [0.05, 0.1) is 29.6 Å². The highest BCUT2D eigenvalue weighted by atomic mass is 16.5. The van der Waals surface area contributed by atoms with Gasteiger partial charge in [0.15, 0.2) is 6.61 Å². The Morgan fingerprint density at radius 1 is 1.10 bits per heavy atom. The molecule has 0 saturated heterocycles. The van der Waals surface area contributed by atoms with E-state index in [2.05, 4.69) is 5.32 Å². The minimum atomic E-state index is -0.357. The van der Waals surface area contributed by atoms with E-state index in [0.29, 0.717) is 28.3 Å². The molecule has 0 unspecified atom stereocenters. The summed E-state index contributed by atoms with van der Waals surface area (Å²) in [6.07, 6.45) is 1.53. The van der Waals surface area contributed by atoms with Gasteiger partial charge < -0.3 is 19.4 Å². The average Bonchev–Trinajstić information content (AvgIpc) is 3.29. The highest BCUT2D eigenvalue weighted by Gasteiger charge is 2.19. The molecule has 0 aliphatic carbocycles. The zero-order chi connectivity index (χ0) is 20.6. The highest BCUT2D eigenvalue weighted by molar-refractivity contribution is 6.04. The number of furan rings is 1. The van der Waals surface area contributed by atoms with Crippen LogP contribution in [0.4, 0.5) is 5.69 Å². The van der Waals surface area contributed by atoms with Gasteiger partial charge in [-0.3, -0.25) is 9.59 Å². The maximum Gasteiger partial charge on any atom is 0.264 e. The number of benzene rings is 2. The zero-order valence-electron chi connectivity index (χ0n) is 15.8. The maximum atomic E-state index is 12.6. The molecule has 0 bridgehead atoms. The van der Waals surface area contributed by atoms with Crippen LogP contribution in [0.5, 0.6) is 5.75 Å². The summed E-state index contributed by atoms with van der Waals surface area (Å²) in [7, 11) is 1.57. The fourth-order valence-electron chi connectivity index (χ4n) is 2.69. The van der Waals surface area contributed by atoms with Crippen LogP contribution in [0.15, 0.2) is 71.3 Å². The minimum Gasteiger partial charge on any atom is -0.482 e. The molecule has 3 aromatic rings. The van der Waals surface area contributed by atoms with Gasteiger partial charge in [0.2, 0.25) is 0 Å². The van der Waals surface area contributed by atoms with E-state index >= 15 is 0 Å². The van der Waals surface area contributed by atoms with E-state index in [-0.39, 0.29) is 25.0 Å². The second kappa shape index (κ2) is 9.24. The number of carbonyl (C=O) groups excluding carboxylic acids is 2. The summed E-state index contributed by atoms with van der Waals surface area (Å²) in [5.41, 5.74) is 1.15. The van der Waals surface area contributed by atoms with Gasteiger partial charge in [-0.25, -0.2) is 0 Å². The summed E-state index contributed by atoms with van der Waals surface area (Å²) >= 11 is 0. The van der Waals surface area contributed by atoms with Gasteiger partial charge in [-0.15, -0.1) is 0 Å². The zero-order valence-corrected chi connectivity index (χ0v) is 15.8. The van der Waals surface area contributed by atoms with Crippen LogP contribution in [-0.2, 0) is 11.3 Å². The lowest BCUT2D eigenvalue weighted by molar-refractivity contribution is -0.120. The molecular weight excluding hydrogens is 370 g/mol. The summed E-state index contributed by atoms with van der Waals surface area (Å²) < 4.78 is 10.7. The molecule has 0 spiro atoms. The van der Waals surface area contributed by atoms with Crippen molar-refractivity contribution in [1.29, 1.82) is 5.26 Å². The fourth-order valence-corrected chi connectivity index (χ4v) is 2.69. The smallest absolute Gasteiger partial charge is 0.264 e. The van der Waals surface area contributed by atoms with Crippen LogP contribution in [0.1, 0.15) is 21.7 Å². The number of carbonyl (C=O) groups is 2. The largest absolute Gasteiger partial charge is 0.482 e. The van der Waals surface area contributed by atoms with Gasteiger partial charge in [0, 0.05) is 7.05 Å². The first kappa shape index (κ1) is 19.7. The molecule has 0 aliphatic rings.